The van der Waals surface area contributed by atoms with E-state index in [1.54, 1.807) is 0 Å². The van der Waals surface area contributed by atoms with E-state index in [9.17, 15) is 79.0 Å². The van der Waals surface area contributed by atoms with Crippen LogP contribution in [-0.4, -0.2) is 50.4 Å². The molecule has 0 aromatic heterocycles. The summed E-state index contributed by atoms with van der Waals surface area (Å²) in [5.41, 5.74) is -24.8. The lowest BCUT2D eigenvalue weighted by molar-refractivity contribution is -0.786. The Kier molecular flexibility index (Phi) is 15.9. The zero-order valence-corrected chi connectivity index (χ0v) is 36.2. The van der Waals surface area contributed by atoms with Crippen molar-refractivity contribution in [1.82, 2.24) is 0 Å². The molecule has 0 radical (unpaired) electrons. The van der Waals surface area contributed by atoms with E-state index in [-0.39, 0.29) is 0 Å². The Balaban J connectivity index is 0.00000103. The molecule has 0 aliphatic carbocycles. The van der Waals surface area contributed by atoms with Crippen LogP contribution in [0.3, 0.4) is 0 Å². The topological polar surface area (TPSA) is 32.1 Å². The molecule has 0 amide bonds. The highest BCUT2D eigenvalue weighted by molar-refractivity contribution is 7.20. The summed E-state index contributed by atoms with van der Waals surface area (Å²) >= 11 is 0. The molecule has 0 saturated heterocycles. The molecule has 5 rings (SSSR count). The molecule has 5 aromatic carbocycles. The number of hydrogen-bond donors (Lipinski definition) is 1. The number of hydrogen-bond acceptors (Lipinski definition) is 3. The van der Waals surface area contributed by atoms with Crippen molar-refractivity contribution < 1.29 is 115 Å². The maximum absolute atomic E-state index is 17.0. The molecule has 0 spiro atoms. The Morgan fingerprint density at radius 1 is 0.391 bits per heavy atom. The Morgan fingerprint density at radius 3 is 0.826 bits per heavy atom. The molecular weight excluding hydrogens is 1010 g/mol. The van der Waals surface area contributed by atoms with Crippen LogP contribution in [0.4, 0.5) is 102 Å². The Bertz CT molecular complexity index is 2320. The summed E-state index contributed by atoms with van der Waals surface area (Å²) in [6, 6.07) is 3.49. The fourth-order valence-corrected chi connectivity index (χ4v) is 9.26. The highest BCUT2D eigenvalue weighted by Gasteiger charge is 2.52. The predicted octanol–water partition coefficient (Wildman–Crippen LogP) is 9.28. The van der Waals surface area contributed by atoms with E-state index in [1.165, 1.54) is 10.6 Å². The molecule has 0 bridgehead atoms. The smallest absolute Gasteiger partial charge is 0.373 e. The maximum atomic E-state index is 17.0. The number of quaternary nitrogens is 1. The summed E-state index contributed by atoms with van der Waals surface area (Å²) in [4.78, 5) is 1.37. The first kappa shape index (κ1) is 56.3. The third-order valence-electron chi connectivity index (χ3n) is 10.5. The number of para-hydroxylation sites is 1. The SMILES string of the molecule is CO[Si](OC)(OC)c1c(F)c(F)c([B-](c2cc(C(F)(F)F)cc(C(F)(F)F)c2)(c2cc(C(F)(F)F)cc(C(F)(F)F)c2)c2cc(C(F)(F)F)cc(C(F)(F)F)c2)c(F)c1F.C[NH+](C)c1ccccc1. The second kappa shape index (κ2) is 19.5. The van der Waals surface area contributed by atoms with Crippen molar-refractivity contribution in [3.05, 3.63) is 142 Å². The van der Waals surface area contributed by atoms with Crippen LogP contribution in [0.25, 0.3) is 0 Å². The molecule has 0 aliphatic rings. The molecule has 0 unspecified atom stereocenters. The van der Waals surface area contributed by atoms with Gasteiger partial charge in [-0.1, -0.05) is 54.6 Å². The van der Waals surface area contributed by atoms with Gasteiger partial charge in [0, 0.05) is 21.3 Å². The fraction of sp³-hybridized carbons (Fsp3) is 0.268. The predicted molar refractivity (Wildman–Crippen MR) is 205 cm³/mol. The van der Waals surface area contributed by atoms with E-state index in [1.807, 2.05) is 6.07 Å². The number of benzene rings is 5. The van der Waals surface area contributed by atoms with E-state index in [0.717, 1.165) is 0 Å². The lowest BCUT2D eigenvalue weighted by Gasteiger charge is -2.46. The second-order valence-corrected chi connectivity index (χ2v) is 17.8. The minimum atomic E-state index is -6.15. The van der Waals surface area contributed by atoms with Crippen LogP contribution in [0.1, 0.15) is 33.4 Å². The largest absolute Gasteiger partial charge is 0.542 e. The van der Waals surface area contributed by atoms with Crippen molar-refractivity contribution in [2.24, 2.45) is 0 Å². The van der Waals surface area contributed by atoms with Crippen molar-refractivity contribution in [3.8, 4) is 0 Å². The molecule has 4 nitrogen and oxygen atoms in total. The summed E-state index contributed by atoms with van der Waals surface area (Å²) in [5, 5.41) is -2.10. The Labute approximate surface area is 376 Å². The molecule has 0 atom stereocenters. The van der Waals surface area contributed by atoms with E-state index >= 15 is 17.6 Å². The second-order valence-electron chi connectivity index (χ2n) is 15.0. The van der Waals surface area contributed by atoms with Gasteiger partial charge in [-0.3, -0.25) is 0 Å². The Hall–Kier alpha value is -5.32. The van der Waals surface area contributed by atoms with E-state index < -0.39 is 190 Å². The van der Waals surface area contributed by atoms with Crippen molar-refractivity contribution in [2.75, 3.05) is 35.4 Å². The van der Waals surface area contributed by atoms with Gasteiger partial charge in [0.2, 0.25) is 0 Å². The average Bonchev–Trinajstić information content (AvgIpc) is 3.24. The van der Waals surface area contributed by atoms with Gasteiger partial charge in [-0.05, 0) is 30.3 Å². The first-order valence-electron chi connectivity index (χ1n) is 18.8. The van der Waals surface area contributed by atoms with Crippen molar-refractivity contribution in [3.63, 3.8) is 0 Å². The van der Waals surface area contributed by atoms with Gasteiger partial charge in [-0.15, -0.1) is 5.46 Å². The van der Waals surface area contributed by atoms with Gasteiger partial charge in [0.15, 0.2) is 11.6 Å². The number of nitrogens with one attached hydrogen (secondary N) is 1. The molecule has 0 saturated carbocycles. The fourth-order valence-electron chi connectivity index (χ4n) is 7.39. The van der Waals surface area contributed by atoms with Crippen LogP contribution in [0.2, 0.25) is 0 Å². The molecular formula is C41H30BF22NO3Si. The summed E-state index contributed by atoms with van der Waals surface area (Å²) in [6.45, 7) is 0. The molecule has 378 valence electrons. The van der Waals surface area contributed by atoms with Gasteiger partial charge >= 0.3 is 45.9 Å². The van der Waals surface area contributed by atoms with E-state index in [4.69, 9.17) is 13.3 Å². The maximum Gasteiger partial charge on any atom is 0.542 e. The summed E-state index contributed by atoms with van der Waals surface area (Å²) < 4.78 is 339. The lowest BCUT2D eigenvalue weighted by atomic mass is 9.12. The molecule has 0 heterocycles. The van der Waals surface area contributed by atoms with Crippen LogP contribution in [0.5, 0.6) is 0 Å². The van der Waals surface area contributed by atoms with Crippen molar-refractivity contribution >= 4 is 47.7 Å². The van der Waals surface area contributed by atoms with E-state index in [0.29, 0.717) is 21.3 Å². The van der Waals surface area contributed by atoms with Crippen LogP contribution in [-0.2, 0) is 50.3 Å². The standard InChI is InChI=1S/C33H18BF22O3Si.C8H11N/c1-57-60(58-2,59-3)27-25(37)23(35)22(24(36)26(27)38)34(19-7-13(28(39,40)41)4-14(8-19)29(42,43)44,20-9-15(30(45,46)47)5-16(10-20)31(48,49)50)21-11-17(32(51,52)53)6-18(12-21)33(54,55)56;1-9(2)8-6-4-3-5-7-8/h4-12H,1-3H3;3-7H,1-2H3/q-1;/p+1. The minimum Gasteiger partial charge on any atom is -0.373 e. The Morgan fingerprint density at radius 2 is 0.638 bits per heavy atom. The summed E-state index contributed by atoms with van der Waals surface area (Å²) in [5.74, 6) is -12.3. The van der Waals surface area contributed by atoms with E-state index in [2.05, 4.69) is 38.4 Å². The van der Waals surface area contributed by atoms with Gasteiger partial charge < -0.3 is 18.2 Å². The normalized spacial score (nSPS) is 13.4. The van der Waals surface area contributed by atoms with Crippen LogP contribution >= 0.6 is 0 Å². The molecule has 1 N–H and O–H groups in total. The van der Waals surface area contributed by atoms with Crippen LogP contribution < -0.4 is 31.9 Å². The highest BCUT2D eigenvalue weighted by Crippen LogP contribution is 2.40. The zero-order valence-electron chi connectivity index (χ0n) is 35.2. The van der Waals surface area contributed by atoms with Crippen LogP contribution in [0.15, 0.2) is 84.9 Å². The summed E-state index contributed by atoms with van der Waals surface area (Å²) in [6.07, 6.45) is -43.0. The van der Waals surface area contributed by atoms with Gasteiger partial charge in [-0.25, -0.2) is 17.6 Å². The first-order valence-corrected chi connectivity index (χ1v) is 20.5. The minimum absolute atomic E-state index is 0.514. The third-order valence-corrected chi connectivity index (χ3v) is 13.2. The van der Waals surface area contributed by atoms with Gasteiger partial charge in [0.05, 0.1) is 52.7 Å². The van der Waals surface area contributed by atoms with Crippen LogP contribution in [0, 0.1) is 23.3 Å². The first-order chi connectivity index (χ1) is 31.3. The monoisotopic (exact) mass is 1040 g/mol. The average molecular weight is 1040 g/mol. The lowest BCUT2D eigenvalue weighted by Crippen LogP contribution is -3.00. The highest BCUT2D eigenvalue weighted by atomic mass is 28.4. The molecule has 69 heavy (non-hydrogen) atoms. The van der Waals surface area contributed by atoms with Crippen molar-refractivity contribution in [2.45, 2.75) is 37.1 Å². The molecule has 28 heteroatoms. The number of alkyl halides is 18. The molecule has 0 fully saturated rings. The quantitative estimate of drug-likeness (QED) is 0.0909. The summed E-state index contributed by atoms with van der Waals surface area (Å²) in [7, 11) is 0.399. The van der Waals surface area contributed by atoms with Gasteiger partial charge in [-0.2, -0.15) is 95.4 Å². The number of halogens is 22. The third kappa shape index (κ3) is 11.5. The van der Waals surface area contributed by atoms with Gasteiger partial charge in [0.1, 0.15) is 23.5 Å². The number of rotatable bonds is 9. The molecule has 5 aromatic rings. The van der Waals surface area contributed by atoms with Crippen molar-refractivity contribution in [1.29, 1.82) is 0 Å². The zero-order chi connectivity index (χ0) is 52.8. The van der Waals surface area contributed by atoms with Gasteiger partial charge in [0.25, 0.3) is 0 Å². The molecule has 0 aliphatic heterocycles.